The maximum absolute atomic E-state index is 12.1. The molecule has 2 nitrogen and oxygen atoms in total. The van der Waals surface area contributed by atoms with E-state index in [1.165, 1.54) is 24.0 Å². The minimum Gasteiger partial charge on any atom is -0.352 e. The molecule has 0 heterocycles. The van der Waals surface area contributed by atoms with Gasteiger partial charge in [0.2, 0.25) is 0 Å². The zero-order valence-electron chi connectivity index (χ0n) is 12.5. The first kappa shape index (κ1) is 14.1. The van der Waals surface area contributed by atoms with Crippen LogP contribution in [0.5, 0.6) is 0 Å². The van der Waals surface area contributed by atoms with Crippen LogP contribution in [0.4, 0.5) is 0 Å². The standard InChI is InChI=1S/C17H25NO/c1-11(2)15-8-7-14(9-16(15)12(3)4)17(19)18-10-13-5-6-13/h7-9,11-13H,5-6,10H2,1-4H3,(H,18,19). The van der Waals surface area contributed by atoms with E-state index in [0.717, 1.165) is 18.0 Å². The van der Waals surface area contributed by atoms with Crippen LogP contribution >= 0.6 is 0 Å². The summed E-state index contributed by atoms with van der Waals surface area (Å²) >= 11 is 0. The summed E-state index contributed by atoms with van der Waals surface area (Å²) in [4.78, 5) is 12.1. The fourth-order valence-corrected chi connectivity index (χ4v) is 2.40. The number of nitrogens with one attached hydrogen (secondary N) is 1. The Balaban J connectivity index is 2.16. The molecule has 1 amide bonds. The van der Waals surface area contributed by atoms with E-state index >= 15 is 0 Å². The van der Waals surface area contributed by atoms with Crippen LogP contribution in [-0.2, 0) is 0 Å². The van der Waals surface area contributed by atoms with Gasteiger partial charge in [-0.25, -0.2) is 0 Å². The second-order valence-electron chi connectivity index (χ2n) is 6.31. The second-order valence-corrected chi connectivity index (χ2v) is 6.31. The molecular weight excluding hydrogens is 234 g/mol. The molecule has 1 N–H and O–H groups in total. The Morgan fingerprint density at radius 3 is 2.32 bits per heavy atom. The molecule has 104 valence electrons. The van der Waals surface area contributed by atoms with E-state index in [0.29, 0.717) is 11.8 Å². The number of amides is 1. The molecule has 0 saturated heterocycles. The molecule has 19 heavy (non-hydrogen) atoms. The smallest absolute Gasteiger partial charge is 0.251 e. The van der Waals surface area contributed by atoms with Gasteiger partial charge in [-0.3, -0.25) is 4.79 Å². The number of benzene rings is 1. The van der Waals surface area contributed by atoms with E-state index in [2.05, 4.69) is 45.1 Å². The predicted octanol–water partition coefficient (Wildman–Crippen LogP) is 4.07. The third kappa shape index (κ3) is 3.59. The van der Waals surface area contributed by atoms with Crippen molar-refractivity contribution in [3.8, 4) is 0 Å². The summed E-state index contributed by atoms with van der Waals surface area (Å²) in [6.45, 7) is 9.62. The van der Waals surface area contributed by atoms with Gasteiger partial charge in [0.05, 0.1) is 0 Å². The highest BCUT2D eigenvalue weighted by Gasteiger charge is 2.22. The van der Waals surface area contributed by atoms with Crippen LogP contribution in [0.25, 0.3) is 0 Å². The maximum Gasteiger partial charge on any atom is 0.251 e. The summed E-state index contributed by atoms with van der Waals surface area (Å²) in [6.07, 6.45) is 2.54. The van der Waals surface area contributed by atoms with Crippen molar-refractivity contribution in [1.82, 2.24) is 5.32 Å². The lowest BCUT2D eigenvalue weighted by atomic mass is 9.89. The monoisotopic (exact) mass is 259 g/mol. The second kappa shape index (κ2) is 5.77. The summed E-state index contributed by atoms with van der Waals surface area (Å²) in [5.41, 5.74) is 3.46. The summed E-state index contributed by atoms with van der Waals surface area (Å²) in [6, 6.07) is 6.15. The molecule has 0 spiro atoms. The molecule has 2 rings (SSSR count). The van der Waals surface area contributed by atoms with Gasteiger partial charge < -0.3 is 5.32 Å². The minimum absolute atomic E-state index is 0.0732. The molecule has 1 aromatic rings. The van der Waals surface area contributed by atoms with E-state index in [1.54, 1.807) is 0 Å². The van der Waals surface area contributed by atoms with Gasteiger partial charge in [0.25, 0.3) is 5.91 Å². The van der Waals surface area contributed by atoms with Crippen LogP contribution in [0.2, 0.25) is 0 Å². The molecule has 2 heteroatoms. The van der Waals surface area contributed by atoms with Gasteiger partial charge in [-0.2, -0.15) is 0 Å². The lowest BCUT2D eigenvalue weighted by Gasteiger charge is -2.17. The van der Waals surface area contributed by atoms with Gasteiger partial charge >= 0.3 is 0 Å². The molecule has 0 unspecified atom stereocenters. The molecule has 0 aromatic heterocycles. The van der Waals surface area contributed by atoms with Crippen molar-refractivity contribution in [2.75, 3.05) is 6.54 Å². The first-order valence-corrected chi connectivity index (χ1v) is 7.41. The summed E-state index contributed by atoms with van der Waals surface area (Å²) in [5.74, 6) is 1.75. The first-order valence-electron chi connectivity index (χ1n) is 7.41. The fraction of sp³-hybridized carbons (Fsp3) is 0.588. The molecule has 1 aromatic carbocycles. The zero-order chi connectivity index (χ0) is 14.0. The van der Waals surface area contributed by atoms with Crippen molar-refractivity contribution in [3.05, 3.63) is 34.9 Å². The predicted molar refractivity (Wildman–Crippen MR) is 79.7 cm³/mol. The van der Waals surface area contributed by atoms with E-state index < -0.39 is 0 Å². The molecule has 1 aliphatic carbocycles. The highest BCUT2D eigenvalue weighted by molar-refractivity contribution is 5.94. The van der Waals surface area contributed by atoms with Crippen molar-refractivity contribution in [2.24, 2.45) is 5.92 Å². The van der Waals surface area contributed by atoms with Crippen molar-refractivity contribution < 1.29 is 4.79 Å². The molecule has 1 aliphatic rings. The summed E-state index contributed by atoms with van der Waals surface area (Å²) in [7, 11) is 0. The van der Waals surface area contributed by atoms with Crippen LogP contribution in [0.15, 0.2) is 18.2 Å². The molecule has 0 aliphatic heterocycles. The lowest BCUT2D eigenvalue weighted by molar-refractivity contribution is 0.0951. The Morgan fingerprint density at radius 2 is 1.79 bits per heavy atom. The lowest BCUT2D eigenvalue weighted by Crippen LogP contribution is -2.25. The molecule has 0 atom stereocenters. The Hall–Kier alpha value is -1.31. The van der Waals surface area contributed by atoms with Crippen molar-refractivity contribution in [2.45, 2.75) is 52.4 Å². The average Bonchev–Trinajstić information content (AvgIpc) is 3.19. The highest BCUT2D eigenvalue weighted by atomic mass is 16.1. The van der Waals surface area contributed by atoms with Gasteiger partial charge in [0.15, 0.2) is 0 Å². The maximum atomic E-state index is 12.1. The van der Waals surface area contributed by atoms with Gasteiger partial charge in [0.1, 0.15) is 0 Å². The quantitative estimate of drug-likeness (QED) is 0.848. The Morgan fingerprint density at radius 1 is 1.16 bits per heavy atom. The Kier molecular flexibility index (Phi) is 4.28. The van der Waals surface area contributed by atoms with Gasteiger partial charge in [-0.15, -0.1) is 0 Å². The van der Waals surface area contributed by atoms with Crippen LogP contribution in [0, 0.1) is 5.92 Å². The van der Waals surface area contributed by atoms with E-state index in [1.807, 2.05) is 6.07 Å². The molecule has 0 bridgehead atoms. The molecule has 1 fully saturated rings. The SMILES string of the molecule is CC(C)c1ccc(C(=O)NCC2CC2)cc1C(C)C. The third-order valence-corrected chi connectivity index (χ3v) is 3.84. The van der Waals surface area contributed by atoms with Crippen LogP contribution in [0.3, 0.4) is 0 Å². The average molecular weight is 259 g/mol. The van der Waals surface area contributed by atoms with E-state index in [4.69, 9.17) is 0 Å². The van der Waals surface area contributed by atoms with Crippen LogP contribution in [-0.4, -0.2) is 12.5 Å². The van der Waals surface area contributed by atoms with Crippen LogP contribution < -0.4 is 5.32 Å². The number of hydrogen-bond donors (Lipinski definition) is 1. The fourth-order valence-electron chi connectivity index (χ4n) is 2.40. The van der Waals surface area contributed by atoms with Crippen molar-refractivity contribution in [3.63, 3.8) is 0 Å². The summed E-state index contributed by atoms with van der Waals surface area (Å²) < 4.78 is 0. The third-order valence-electron chi connectivity index (χ3n) is 3.84. The normalized spacial score (nSPS) is 15.1. The van der Waals surface area contributed by atoms with Gasteiger partial charge in [0, 0.05) is 12.1 Å². The minimum atomic E-state index is 0.0732. The number of carbonyl (C=O) groups is 1. The molecule has 1 saturated carbocycles. The van der Waals surface area contributed by atoms with E-state index in [9.17, 15) is 4.79 Å². The van der Waals surface area contributed by atoms with Gasteiger partial charge in [-0.1, -0.05) is 33.8 Å². The van der Waals surface area contributed by atoms with Crippen molar-refractivity contribution >= 4 is 5.91 Å². The van der Waals surface area contributed by atoms with Gasteiger partial charge in [-0.05, 0) is 53.9 Å². The molecule has 0 radical (unpaired) electrons. The zero-order valence-corrected chi connectivity index (χ0v) is 12.5. The van der Waals surface area contributed by atoms with E-state index in [-0.39, 0.29) is 5.91 Å². The Labute approximate surface area is 116 Å². The van der Waals surface area contributed by atoms with Crippen molar-refractivity contribution in [1.29, 1.82) is 0 Å². The number of rotatable bonds is 5. The first-order chi connectivity index (χ1) is 8.99. The van der Waals surface area contributed by atoms with Crippen LogP contribution in [0.1, 0.15) is 73.9 Å². The Bertz CT molecular complexity index is 458. The highest BCUT2D eigenvalue weighted by Crippen LogP contribution is 2.28. The molecular formula is C17H25NO. The topological polar surface area (TPSA) is 29.1 Å². The largest absolute Gasteiger partial charge is 0.352 e. The number of carbonyl (C=O) groups excluding carboxylic acids is 1. The number of hydrogen-bond acceptors (Lipinski definition) is 1. The summed E-state index contributed by atoms with van der Waals surface area (Å²) in [5, 5.41) is 3.04.